The minimum atomic E-state index is -5.94. The van der Waals surface area contributed by atoms with Crippen molar-refractivity contribution in [3.63, 3.8) is 0 Å². The summed E-state index contributed by atoms with van der Waals surface area (Å²) >= 11 is 0.921. The van der Waals surface area contributed by atoms with E-state index in [2.05, 4.69) is 62.5 Å². The number of phosphoric acid groups is 3. The molecule has 1 fully saturated rings. The van der Waals surface area contributed by atoms with Crippen LogP contribution in [0.2, 0.25) is 0 Å². The molecule has 6 N–H and O–H groups in total. The summed E-state index contributed by atoms with van der Waals surface area (Å²) in [5, 5.41) is 26.0. The number of unbranched alkanes of at least 4 members (excludes halogenated alkanes) is 11. The Morgan fingerprint density at radius 2 is 1.53 bits per heavy atom. The third kappa shape index (κ3) is 22.8. The second-order valence-electron chi connectivity index (χ2n) is 17.3. The van der Waals surface area contributed by atoms with Gasteiger partial charge in [0.2, 0.25) is 11.8 Å². The van der Waals surface area contributed by atoms with Gasteiger partial charge in [-0.05, 0) is 32.1 Å². The van der Waals surface area contributed by atoms with E-state index in [1.807, 2.05) is 0 Å². The molecular formula is C41H66N7O18P3S-4. The Morgan fingerprint density at radius 3 is 2.19 bits per heavy atom. The number of hydrogen-bond acceptors (Lipinski definition) is 23. The van der Waals surface area contributed by atoms with Crippen LogP contribution >= 0.6 is 35.2 Å². The molecule has 0 bridgehead atoms. The number of fused-ring (bicyclic) bond motifs is 1. The molecule has 2 aromatic rings. The number of nitrogens with one attached hydrogen (secondary N) is 2. The Kier molecular flexibility index (Phi) is 26.5. The van der Waals surface area contributed by atoms with Crippen LogP contribution in [0, 0.1) is 5.41 Å². The van der Waals surface area contributed by atoms with Gasteiger partial charge in [-0.15, -0.1) is 0 Å². The Labute approximate surface area is 411 Å². The molecule has 0 aliphatic carbocycles. The maximum Gasteiger partial charge on any atom is 0.274 e. The lowest BCUT2D eigenvalue weighted by Crippen LogP contribution is -2.46. The first-order valence-corrected chi connectivity index (χ1v) is 28.5. The topological polar surface area (TPSA) is 392 Å². The van der Waals surface area contributed by atoms with E-state index in [4.69, 9.17) is 10.5 Å². The number of carbonyl (C=O) groups excluding carboxylic acids is 4. The minimum Gasteiger partial charge on any atom is -0.790 e. The molecule has 7 atom stereocenters. The van der Waals surface area contributed by atoms with E-state index in [0.29, 0.717) is 6.42 Å². The average molecular weight is 1070 g/mol. The maximum atomic E-state index is 12.6. The number of amides is 2. The highest BCUT2D eigenvalue weighted by atomic mass is 32.2. The van der Waals surface area contributed by atoms with Gasteiger partial charge >= 0.3 is 0 Å². The van der Waals surface area contributed by atoms with Crippen molar-refractivity contribution in [1.29, 1.82) is 0 Å². The van der Waals surface area contributed by atoms with Crippen molar-refractivity contribution in [2.75, 3.05) is 37.8 Å². The molecule has 0 spiro atoms. The van der Waals surface area contributed by atoms with Crippen molar-refractivity contribution in [3.8, 4) is 0 Å². The molecule has 1 aliphatic rings. The number of allylic oxidation sites excluding steroid dienone is 2. The number of hydrogen-bond donors (Lipinski definition) is 5. The predicted octanol–water partition coefficient (Wildman–Crippen LogP) is 2.13. The zero-order chi connectivity index (χ0) is 52.0. The van der Waals surface area contributed by atoms with Crippen LogP contribution < -0.4 is 35.9 Å². The van der Waals surface area contributed by atoms with Gasteiger partial charge in [0.05, 0.1) is 33.8 Å². The van der Waals surface area contributed by atoms with E-state index in [9.17, 15) is 62.7 Å². The van der Waals surface area contributed by atoms with E-state index >= 15 is 0 Å². The van der Waals surface area contributed by atoms with Crippen LogP contribution in [0.15, 0.2) is 24.8 Å². The number of nitrogen functional groups attached to an aromatic ring is 1. The van der Waals surface area contributed by atoms with Gasteiger partial charge in [-0.1, -0.05) is 96.1 Å². The fourth-order valence-corrected chi connectivity index (χ4v) is 10.4. The molecular weight excluding hydrogens is 1000 g/mol. The molecule has 0 saturated carbocycles. The number of thioether (sulfide) groups is 1. The average Bonchev–Trinajstić information content (AvgIpc) is 3.84. The summed E-state index contributed by atoms with van der Waals surface area (Å²) in [6, 6.07) is 0. The van der Waals surface area contributed by atoms with Crippen LogP contribution in [0.5, 0.6) is 0 Å². The number of aliphatic hydroxyl groups is 2. The van der Waals surface area contributed by atoms with Crippen LogP contribution in [0.4, 0.5) is 5.82 Å². The van der Waals surface area contributed by atoms with Gasteiger partial charge < -0.3 is 69.0 Å². The van der Waals surface area contributed by atoms with E-state index in [1.165, 1.54) is 65.2 Å². The van der Waals surface area contributed by atoms with Gasteiger partial charge in [-0.2, -0.15) is 0 Å². The molecule has 1 aliphatic heterocycles. The zero-order valence-electron chi connectivity index (χ0n) is 39.6. The number of Topliss-reactive ketones (excluding diaryl/α,β-unsaturated/α-hetero) is 1. The summed E-state index contributed by atoms with van der Waals surface area (Å²) in [4.78, 5) is 109. The monoisotopic (exact) mass is 1070 g/mol. The zero-order valence-corrected chi connectivity index (χ0v) is 43.1. The lowest BCUT2D eigenvalue weighted by atomic mass is 9.87. The number of aliphatic hydroxyl groups excluding tert-OH is 2. The number of nitrogens with two attached hydrogens (primary N) is 1. The smallest absolute Gasteiger partial charge is 0.274 e. The molecule has 29 heteroatoms. The van der Waals surface area contributed by atoms with Crippen LogP contribution in [0.3, 0.4) is 0 Å². The first-order chi connectivity index (χ1) is 32.9. The van der Waals surface area contributed by atoms with Crippen molar-refractivity contribution in [1.82, 2.24) is 30.2 Å². The van der Waals surface area contributed by atoms with Crippen LogP contribution in [-0.2, 0) is 55.5 Å². The second kappa shape index (κ2) is 30.2. The SMILES string of the molecule is CCCCCCCCCC/C=C\CCCCCC(=O)CC(=O)SCCNC(=O)CCNC(=O)[C@H](O)C(C)(C)COP(=O)([O-])OP(=O)([O-])OC[C@H]1O[C@@H](n2cnc3c(N)ncnc32)[C@H](O)[C@@H]1OP(=O)([O-])[O-]. The standard InChI is InChI=1S/C41H70N7O18P3S/c1-4-5-6-7-8-9-10-11-12-13-14-15-16-17-18-19-29(49)24-32(51)70-23-22-43-31(50)20-21-44-39(54)36(53)41(2,3)26-63-69(60,61)66-68(58,59)62-25-30-35(65-67(55,56)57)34(52)40(64-30)48-28-47-33-37(42)45-27-46-38(33)48/h13-14,27-28,30,34-36,40,52-53H,4-12,15-26H2,1-3H3,(H,43,50)(H,44,54)(H,58,59)(H,60,61)(H2,42,45,46)(H2,55,56,57)/p-4/b14-13-/t30-,34-,35-,36+,40-/m1/s1. The number of imidazole rings is 1. The quantitative estimate of drug-likeness (QED) is 0.0282. The van der Waals surface area contributed by atoms with E-state index in [0.717, 1.165) is 61.1 Å². The van der Waals surface area contributed by atoms with Crippen molar-refractivity contribution >= 4 is 74.9 Å². The Hall–Kier alpha value is -3.03. The minimum absolute atomic E-state index is 0.0262. The fourth-order valence-electron chi connectivity index (χ4n) is 6.97. The number of phosphoric ester groups is 3. The lowest BCUT2D eigenvalue weighted by Gasteiger charge is -2.36. The Bertz CT molecular complexity index is 2160. The van der Waals surface area contributed by atoms with Gasteiger partial charge in [0.25, 0.3) is 15.6 Å². The summed E-state index contributed by atoms with van der Waals surface area (Å²) in [6.45, 7) is 2.16. The van der Waals surface area contributed by atoms with Gasteiger partial charge in [-0.25, -0.2) is 19.3 Å². The van der Waals surface area contributed by atoms with Crippen molar-refractivity contribution in [3.05, 3.63) is 24.8 Å². The number of carbonyl (C=O) groups is 4. The highest BCUT2D eigenvalue weighted by molar-refractivity contribution is 8.13. The van der Waals surface area contributed by atoms with Gasteiger partial charge in [0.1, 0.15) is 42.0 Å². The molecule has 3 rings (SSSR count). The number of nitrogens with zero attached hydrogens (tertiary/aromatic N) is 4. The van der Waals surface area contributed by atoms with E-state index in [-0.39, 0.29) is 59.6 Å². The van der Waals surface area contributed by atoms with E-state index < -0.39 is 84.6 Å². The van der Waals surface area contributed by atoms with Gasteiger partial charge in [-0.3, -0.25) is 32.9 Å². The van der Waals surface area contributed by atoms with Crippen LogP contribution in [0.1, 0.15) is 130 Å². The molecule has 2 amide bonds. The predicted molar refractivity (Wildman–Crippen MR) is 247 cm³/mol. The summed E-state index contributed by atoms with van der Waals surface area (Å²) in [5.41, 5.74) is 4.05. The van der Waals surface area contributed by atoms with Crippen molar-refractivity contribution in [2.45, 2.75) is 154 Å². The highest BCUT2D eigenvalue weighted by Gasteiger charge is 2.47. The number of aromatic nitrogens is 4. The second-order valence-corrected chi connectivity index (χ2v) is 22.5. The molecule has 2 unspecified atom stereocenters. The number of ether oxygens (including phenoxy) is 1. The van der Waals surface area contributed by atoms with Crippen molar-refractivity contribution < 1.29 is 85.3 Å². The van der Waals surface area contributed by atoms with Crippen LogP contribution in [0.25, 0.3) is 11.2 Å². The summed E-state index contributed by atoms with van der Waals surface area (Å²) in [6.07, 6.45) is 12.0. The first kappa shape index (κ1) is 61.3. The maximum absolute atomic E-state index is 12.6. The fraction of sp³-hybridized carbons (Fsp3) is 0.732. The third-order valence-corrected chi connectivity index (χ3v) is 14.7. The van der Waals surface area contributed by atoms with Gasteiger partial charge in [0, 0.05) is 37.1 Å². The lowest BCUT2D eigenvalue weighted by molar-refractivity contribution is -0.347. The molecule has 0 radical (unpaired) electrons. The van der Waals surface area contributed by atoms with Crippen LogP contribution in [-0.4, -0.2) is 109 Å². The highest BCUT2D eigenvalue weighted by Crippen LogP contribution is 2.56. The summed E-state index contributed by atoms with van der Waals surface area (Å²) < 4.78 is 60.8. The Balaban J connectivity index is 1.29. The van der Waals surface area contributed by atoms with Gasteiger partial charge in [0.15, 0.2) is 22.8 Å². The first-order valence-electron chi connectivity index (χ1n) is 23.1. The molecule has 2 aromatic heterocycles. The van der Waals surface area contributed by atoms with Crippen molar-refractivity contribution in [2.24, 2.45) is 5.41 Å². The van der Waals surface area contributed by atoms with E-state index in [1.54, 1.807) is 0 Å². The number of ketones is 1. The molecule has 70 heavy (non-hydrogen) atoms. The third-order valence-electron chi connectivity index (χ3n) is 10.8. The molecule has 0 aromatic carbocycles. The molecule has 3 heterocycles. The largest absolute Gasteiger partial charge is 0.790 e. The summed E-state index contributed by atoms with van der Waals surface area (Å²) in [7, 11) is -17.7. The molecule has 1 saturated heterocycles. The number of anilines is 1. The Morgan fingerprint density at radius 1 is 0.900 bits per heavy atom. The summed E-state index contributed by atoms with van der Waals surface area (Å²) in [5.74, 6) is -1.54. The molecule has 398 valence electrons. The molecule has 25 nitrogen and oxygen atoms in total. The number of rotatable bonds is 36. The normalized spacial score (nSPS) is 19.8.